The molecule has 19 heavy (non-hydrogen) atoms. The summed E-state index contributed by atoms with van der Waals surface area (Å²) in [5, 5.41) is 14.3. The molecule has 1 fully saturated rings. The predicted octanol–water partition coefficient (Wildman–Crippen LogP) is 2.24. The number of nitriles is 1. The first-order valence-electron chi connectivity index (χ1n) is 6.52. The van der Waals surface area contributed by atoms with Crippen molar-refractivity contribution in [2.24, 2.45) is 0 Å². The minimum absolute atomic E-state index is 0.426. The number of ether oxygens (including phenoxy) is 1. The molecule has 96 valence electrons. The third-order valence-corrected chi connectivity index (χ3v) is 3.44. The SMILES string of the molecule is N#Cc1ccc2c(OCC3CCCN3)nccc2c1. The van der Waals surface area contributed by atoms with Crippen molar-refractivity contribution >= 4 is 10.8 Å². The monoisotopic (exact) mass is 253 g/mol. The van der Waals surface area contributed by atoms with Gasteiger partial charge in [-0.1, -0.05) is 0 Å². The molecule has 4 nitrogen and oxygen atoms in total. The van der Waals surface area contributed by atoms with Crippen molar-refractivity contribution in [2.75, 3.05) is 13.2 Å². The van der Waals surface area contributed by atoms with Gasteiger partial charge in [-0.25, -0.2) is 4.98 Å². The molecule has 1 aliphatic heterocycles. The molecule has 0 bridgehead atoms. The highest BCUT2D eigenvalue weighted by Crippen LogP contribution is 2.24. The lowest BCUT2D eigenvalue weighted by Crippen LogP contribution is -2.28. The van der Waals surface area contributed by atoms with E-state index >= 15 is 0 Å². The summed E-state index contributed by atoms with van der Waals surface area (Å²) >= 11 is 0. The third kappa shape index (κ3) is 2.51. The van der Waals surface area contributed by atoms with E-state index in [0.717, 1.165) is 23.7 Å². The summed E-state index contributed by atoms with van der Waals surface area (Å²) in [7, 11) is 0. The van der Waals surface area contributed by atoms with Crippen LogP contribution in [0.1, 0.15) is 18.4 Å². The highest BCUT2D eigenvalue weighted by atomic mass is 16.5. The Kier molecular flexibility index (Phi) is 3.30. The number of benzene rings is 1. The highest BCUT2D eigenvalue weighted by Gasteiger charge is 2.15. The second-order valence-electron chi connectivity index (χ2n) is 4.77. The van der Waals surface area contributed by atoms with E-state index in [1.807, 2.05) is 18.2 Å². The molecular weight excluding hydrogens is 238 g/mol. The van der Waals surface area contributed by atoms with Gasteiger partial charge in [-0.3, -0.25) is 0 Å². The third-order valence-electron chi connectivity index (χ3n) is 3.44. The van der Waals surface area contributed by atoms with Crippen LogP contribution in [0.5, 0.6) is 5.88 Å². The van der Waals surface area contributed by atoms with Crippen LogP contribution in [0.4, 0.5) is 0 Å². The molecule has 0 aliphatic carbocycles. The maximum atomic E-state index is 8.91. The number of fused-ring (bicyclic) bond motifs is 1. The average Bonchev–Trinajstić information content (AvgIpc) is 2.97. The van der Waals surface area contributed by atoms with E-state index in [0.29, 0.717) is 24.1 Å². The Morgan fingerprint density at radius 1 is 1.42 bits per heavy atom. The largest absolute Gasteiger partial charge is 0.476 e. The fraction of sp³-hybridized carbons (Fsp3) is 0.333. The first-order chi connectivity index (χ1) is 9.36. The second kappa shape index (κ2) is 5.25. The molecule has 1 N–H and O–H groups in total. The van der Waals surface area contributed by atoms with Crippen molar-refractivity contribution in [3.63, 3.8) is 0 Å². The number of rotatable bonds is 3. The van der Waals surface area contributed by atoms with Gasteiger partial charge in [0, 0.05) is 17.6 Å². The molecule has 1 atom stereocenters. The van der Waals surface area contributed by atoms with Gasteiger partial charge >= 0.3 is 0 Å². The Morgan fingerprint density at radius 2 is 2.37 bits per heavy atom. The van der Waals surface area contributed by atoms with Crippen molar-refractivity contribution in [2.45, 2.75) is 18.9 Å². The number of hydrogen-bond acceptors (Lipinski definition) is 4. The number of nitrogens with zero attached hydrogens (tertiary/aromatic N) is 2. The molecule has 1 saturated heterocycles. The van der Waals surface area contributed by atoms with Crippen LogP contribution < -0.4 is 10.1 Å². The molecule has 2 aromatic rings. The van der Waals surface area contributed by atoms with Crippen LogP contribution in [0, 0.1) is 11.3 Å². The summed E-state index contributed by atoms with van der Waals surface area (Å²) in [6.45, 7) is 1.72. The lowest BCUT2D eigenvalue weighted by Gasteiger charge is -2.12. The summed E-state index contributed by atoms with van der Waals surface area (Å²) in [4.78, 5) is 4.29. The average molecular weight is 253 g/mol. The molecule has 0 radical (unpaired) electrons. The van der Waals surface area contributed by atoms with Gasteiger partial charge < -0.3 is 10.1 Å². The zero-order valence-electron chi connectivity index (χ0n) is 10.6. The van der Waals surface area contributed by atoms with Crippen LogP contribution >= 0.6 is 0 Å². The molecule has 1 aromatic heterocycles. The van der Waals surface area contributed by atoms with Crippen LogP contribution in [0.25, 0.3) is 10.8 Å². The molecule has 0 saturated carbocycles. The molecule has 0 spiro atoms. The summed E-state index contributed by atoms with van der Waals surface area (Å²) < 4.78 is 5.82. The predicted molar refractivity (Wildman–Crippen MR) is 73.0 cm³/mol. The Morgan fingerprint density at radius 3 is 3.16 bits per heavy atom. The van der Waals surface area contributed by atoms with Crippen molar-refractivity contribution in [1.29, 1.82) is 5.26 Å². The Bertz CT molecular complexity index is 627. The Hall–Kier alpha value is -2.12. The number of hydrogen-bond donors (Lipinski definition) is 1. The van der Waals surface area contributed by atoms with Crippen LogP contribution in [-0.2, 0) is 0 Å². The summed E-state index contributed by atoms with van der Waals surface area (Å²) in [6, 6.07) is 10.0. The zero-order chi connectivity index (χ0) is 13.1. The molecule has 4 heteroatoms. The van der Waals surface area contributed by atoms with E-state index < -0.39 is 0 Å². The lowest BCUT2D eigenvalue weighted by atomic mass is 10.1. The van der Waals surface area contributed by atoms with E-state index in [4.69, 9.17) is 10.00 Å². The quantitative estimate of drug-likeness (QED) is 0.911. The van der Waals surface area contributed by atoms with Gasteiger partial charge in [0.15, 0.2) is 0 Å². The normalized spacial score (nSPS) is 18.4. The van der Waals surface area contributed by atoms with E-state index in [1.165, 1.54) is 6.42 Å². The zero-order valence-corrected chi connectivity index (χ0v) is 10.6. The van der Waals surface area contributed by atoms with Gasteiger partial charge in [-0.15, -0.1) is 0 Å². The summed E-state index contributed by atoms with van der Waals surface area (Å²) in [5.74, 6) is 0.649. The number of nitrogens with one attached hydrogen (secondary N) is 1. The van der Waals surface area contributed by atoms with E-state index in [-0.39, 0.29) is 0 Å². The molecule has 0 amide bonds. The Labute approximate surface area is 112 Å². The highest BCUT2D eigenvalue weighted by molar-refractivity contribution is 5.87. The van der Waals surface area contributed by atoms with Crippen LogP contribution in [0.15, 0.2) is 30.5 Å². The number of aromatic nitrogens is 1. The fourth-order valence-electron chi connectivity index (χ4n) is 2.41. The minimum atomic E-state index is 0.426. The number of pyridine rings is 1. The van der Waals surface area contributed by atoms with Crippen LogP contribution in [0.3, 0.4) is 0 Å². The van der Waals surface area contributed by atoms with Crippen LogP contribution in [-0.4, -0.2) is 24.2 Å². The van der Waals surface area contributed by atoms with Gasteiger partial charge in [0.25, 0.3) is 0 Å². The van der Waals surface area contributed by atoms with Gasteiger partial charge in [-0.2, -0.15) is 5.26 Å². The second-order valence-corrected chi connectivity index (χ2v) is 4.77. The van der Waals surface area contributed by atoms with E-state index in [1.54, 1.807) is 12.3 Å². The maximum absolute atomic E-state index is 8.91. The Balaban J connectivity index is 1.84. The van der Waals surface area contributed by atoms with Crippen LogP contribution in [0.2, 0.25) is 0 Å². The standard InChI is InChI=1S/C15H15N3O/c16-9-11-3-4-14-12(8-11)5-7-18-15(14)19-10-13-2-1-6-17-13/h3-5,7-8,13,17H,1-2,6,10H2. The molecular formula is C15H15N3O. The first kappa shape index (κ1) is 11.9. The van der Waals surface area contributed by atoms with E-state index in [9.17, 15) is 0 Å². The minimum Gasteiger partial charge on any atom is -0.476 e. The van der Waals surface area contributed by atoms with Gasteiger partial charge in [0.1, 0.15) is 6.61 Å². The van der Waals surface area contributed by atoms with Crippen molar-refractivity contribution < 1.29 is 4.74 Å². The fourth-order valence-corrected chi connectivity index (χ4v) is 2.41. The smallest absolute Gasteiger partial charge is 0.221 e. The van der Waals surface area contributed by atoms with Gasteiger partial charge in [-0.05, 0) is 49.0 Å². The van der Waals surface area contributed by atoms with Crippen molar-refractivity contribution in [3.8, 4) is 11.9 Å². The molecule has 2 heterocycles. The maximum Gasteiger partial charge on any atom is 0.221 e. The van der Waals surface area contributed by atoms with Gasteiger partial charge in [0.2, 0.25) is 5.88 Å². The summed E-state index contributed by atoms with van der Waals surface area (Å²) in [5.41, 5.74) is 0.655. The molecule has 3 rings (SSSR count). The molecule has 1 aliphatic rings. The molecule has 1 aromatic carbocycles. The molecule has 1 unspecified atom stereocenters. The first-order valence-corrected chi connectivity index (χ1v) is 6.52. The van der Waals surface area contributed by atoms with Crippen molar-refractivity contribution in [3.05, 3.63) is 36.0 Å². The summed E-state index contributed by atoms with van der Waals surface area (Å²) in [6.07, 6.45) is 4.09. The lowest BCUT2D eigenvalue weighted by molar-refractivity contribution is 0.271. The topological polar surface area (TPSA) is 57.9 Å². The van der Waals surface area contributed by atoms with E-state index in [2.05, 4.69) is 16.4 Å². The van der Waals surface area contributed by atoms with Crippen molar-refractivity contribution in [1.82, 2.24) is 10.3 Å². The van der Waals surface area contributed by atoms with Gasteiger partial charge in [0.05, 0.1) is 11.6 Å².